The highest BCUT2D eigenvalue weighted by atomic mass is 16.5. The molecule has 0 spiro atoms. The molecule has 0 aromatic rings. The van der Waals surface area contributed by atoms with Gasteiger partial charge in [-0.3, -0.25) is 4.79 Å². The van der Waals surface area contributed by atoms with Crippen molar-refractivity contribution in [3.05, 3.63) is 23.5 Å². The van der Waals surface area contributed by atoms with Crippen molar-refractivity contribution in [2.45, 2.75) is 43.0 Å². The molecule has 0 aromatic carbocycles. The molecule has 1 aliphatic carbocycles. The van der Waals surface area contributed by atoms with Crippen molar-refractivity contribution in [1.82, 2.24) is 0 Å². The molecule has 1 saturated carbocycles. The quantitative estimate of drug-likeness (QED) is 0.110. The van der Waals surface area contributed by atoms with Gasteiger partial charge < -0.3 is 40.5 Å². The summed E-state index contributed by atoms with van der Waals surface area (Å²) in [7, 11) is 0. The van der Waals surface area contributed by atoms with Gasteiger partial charge in [0.05, 0.1) is 6.42 Å². The van der Waals surface area contributed by atoms with Gasteiger partial charge in [-0.15, -0.1) is 0 Å². The van der Waals surface area contributed by atoms with E-state index in [-0.39, 0.29) is 5.57 Å². The van der Waals surface area contributed by atoms with Gasteiger partial charge in [-0.2, -0.15) is 5.26 Å². The summed E-state index contributed by atoms with van der Waals surface area (Å²) in [6.07, 6.45) is -10.7. The SMILES string of the molecule is N#CC(OC1[C@@H](O)[C@@H](O)C(O)[C@@H](O)[C@H]1O)=C(C=CC(=O)O)CC(=O)O. The Morgan fingerprint density at radius 2 is 1.40 bits per heavy atom. The predicted molar refractivity (Wildman–Crippen MR) is 76.6 cm³/mol. The molecule has 6 atom stereocenters. The van der Waals surface area contributed by atoms with Crippen molar-refractivity contribution in [3.63, 3.8) is 0 Å². The molecule has 0 heterocycles. The predicted octanol–water partition coefficient (Wildman–Crippen LogP) is -2.92. The van der Waals surface area contributed by atoms with Crippen LogP contribution in [0.2, 0.25) is 0 Å². The van der Waals surface area contributed by atoms with Gasteiger partial charge in [0.25, 0.3) is 0 Å². The fourth-order valence-electron chi connectivity index (χ4n) is 2.20. The van der Waals surface area contributed by atoms with E-state index in [0.717, 1.165) is 6.08 Å². The molecular weight excluding hydrogens is 342 g/mol. The lowest BCUT2D eigenvalue weighted by molar-refractivity contribution is -0.226. The zero-order valence-electron chi connectivity index (χ0n) is 12.6. The van der Waals surface area contributed by atoms with Gasteiger partial charge in [-0.1, -0.05) is 0 Å². The first-order chi connectivity index (χ1) is 11.6. The average molecular weight is 359 g/mol. The maximum atomic E-state index is 10.9. The highest BCUT2D eigenvalue weighted by Gasteiger charge is 2.50. The number of nitrogens with zero attached hydrogens (tertiary/aromatic N) is 1. The number of carboxylic acids is 2. The first-order valence-electron chi connectivity index (χ1n) is 6.93. The smallest absolute Gasteiger partial charge is 0.328 e. The van der Waals surface area contributed by atoms with E-state index in [0.29, 0.717) is 6.08 Å². The van der Waals surface area contributed by atoms with E-state index in [1.165, 1.54) is 6.07 Å². The highest BCUT2D eigenvalue weighted by Crippen LogP contribution is 2.27. The van der Waals surface area contributed by atoms with Crippen LogP contribution in [0.3, 0.4) is 0 Å². The van der Waals surface area contributed by atoms with E-state index in [1.54, 1.807) is 0 Å². The van der Waals surface area contributed by atoms with Gasteiger partial charge in [-0.25, -0.2) is 4.79 Å². The Bertz CT molecular complexity index is 606. The van der Waals surface area contributed by atoms with Crippen molar-refractivity contribution in [2.75, 3.05) is 0 Å². The van der Waals surface area contributed by atoms with Gasteiger partial charge in [0.15, 0.2) is 6.10 Å². The molecule has 0 bridgehead atoms. The van der Waals surface area contributed by atoms with Gasteiger partial charge >= 0.3 is 11.9 Å². The topological polar surface area (TPSA) is 209 Å². The monoisotopic (exact) mass is 359 g/mol. The number of aliphatic hydroxyl groups excluding tert-OH is 5. The number of carboxylic acid groups (broad SMARTS) is 2. The fourth-order valence-corrected chi connectivity index (χ4v) is 2.20. The van der Waals surface area contributed by atoms with Crippen molar-refractivity contribution < 1.29 is 50.1 Å². The Hall–Kier alpha value is -2.49. The van der Waals surface area contributed by atoms with E-state index < -0.39 is 60.7 Å². The molecule has 1 fully saturated rings. The molecule has 25 heavy (non-hydrogen) atoms. The molecule has 11 heteroatoms. The highest BCUT2D eigenvalue weighted by molar-refractivity contribution is 5.81. The van der Waals surface area contributed by atoms with Crippen LogP contribution in [-0.4, -0.2) is 84.3 Å². The summed E-state index contributed by atoms with van der Waals surface area (Å²) in [5, 5.41) is 75.0. The Morgan fingerprint density at radius 3 is 1.80 bits per heavy atom. The molecular formula is C14H17NO10. The lowest BCUT2D eigenvalue weighted by Crippen LogP contribution is -2.64. The Morgan fingerprint density at radius 1 is 0.920 bits per heavy atom. The van der Waals surface area contributed by atoms with E-state index in [9.17, 15) is 35.1 Å². The van der Waals surface area contributed by atoms with Crippen LogP contribution in [0, 0.1) is 11.3 Å². The third-order valence-corrected chi connectivity index (χ3v) is 3.49. The largest absolute Gasteiger partial charge is 0.481 e. The van der Waals surface area contributed by atoms with Crippen LogP contribution in [0.5, 0.6) is 0 Å². The number of hydrogen-bond donors (Lipinski definition) is 7. The van der Waals surface area contributed by atoms with E-state index in [4.69, 9.17) is 20.2 Å². The van der Waals surface area contributed by atoms with E-state index >= 15 is 0 Å². The summed E-state index contributed by atoms with van der Waals surface area (Å²) < 4.78 is 5.03. The third kappa shape index (κ3) is 4.99. The average Bonchev–Trinajstić information content (AvgIpc) is 2.55. The molecule has 7 N–H and O–H groups in total. The molecule has 138 valence electrons. The lowest BCUT2D eigenvalue weighted by atomic mass is 9.85. The zero-order chi connectivity index (χ0) is 19.3. The summed E-state index contributed by atoms with van der Waals surface area (Å²) in [6, 6.07) is 1.46. The van der Waals surface area contributed by atoms with Crippen LogP contribution < -0.4 is 0 Å². The second kappa shape index (κ2) is 8.56. The minimum Gasteiger partial charge on any atom is -0.481 e. The van der Waals surface area contributed by atoms with Gasteiger partial charge in [-0.05, 0) is 6.08 Å². The van der Waals surface area contributed by atoms with Gasteiger partial charge in [0.1, 0.15) is 36.6 Å². The number of hydrogen-bond acceptors (Lipinski definition) is 9. The molecule has 0 saturated heterocycles. The number of nitriles is 1. The lowest BCUT2D eigenvalue weighted by Gasteiger charge is -2.41. The number of allylic oxidation sites excluding steroid dienone is 2. The molecule has 0 aromatic heterocycles. The van der Waals surface area contributed by atoms with Gasteiger partial charge in [0, 0.05) is 11.6 Å². The molecule has 11 nitrogen and oxygen atoms in total. The van der Waals surface area contributed by atoms with Gasteiger partial charge in [0.2, 0.25) is 5.76 Å². The summed E-state index contributed by atoms with van der Waals surface area (Å²) >= 11 is 0. The first-order valence-corrected chi connectivity index (χ1v) is 6.93. The number of carbonyl (C=O) groups is 2. The minimum absolute atomic E-state index is 0.382. The number of rotatable bonds is 6. The molecule has 0 radical (unpaired) electrons. The van der Waals surface area contributed by atoms with Crippen molar-refractivity contribution in [2.24, 2.45) is 0 Å². The zero-order valence-corrected chi connectivity index (χ0v) is 12.6. The maximum absolute atomic E-state index is 10.9. The second-order valence-corrected chi connectivity index (χ2v) is 5.24. The molecule has 2 unspecified atom stereocenters. The van der Waals surface area contributed by atoms with E-state index in [2.05, 4.69) is 0 Å². The van der Waals surface area contributed by atoms with Crippen LogP contribution in [-0.2, 0) is 14.3 Å². The number of aliphatic carboxylic acids is 2. The Balaban J connectivity index is 3.20. The standard InChI is InChI=1S/C14H17NO10/c15-4-6(5(3-8(18)19)1-2-7(16)17)25-14-12(23)10(21)9(20)11(22)13(14)24/h1-2,9-14,20-24H,3H2,(H,16,17)(H,18,19)/t9?,10-,11+,12-,13+,14?. The summed E-state index contributed by atoms with van der Waals surface area (Å²) in [4.78, 5) is 21.4. The third-order valence-electron chi connectivity index (χ3n) is 3.49. The van der Waals surface area contributed by atoms with E-state index in [1.807, 2.05) is 0 Å². The Labute approximate surface area is 140 Å². The number of ether oxygens (including phenoxy) is 1. The molecule has 1 rings (SSSR count). The van der Waals surface area contributed by atoms with Crippen molar-refractivity contribution >= 4 is 11.9 Å². The van der Waals surface area contributed by atoms with Crippen molar-refractivity contribution in [1.29, 1.82) is 5.26 Å². The van der Waals surface area contributed by atoms with Crippen molar-refractivity contribution in [3.8, 4) is 6.07 Å². The Kier molecular flexibility index (Phi) is 7.04. The van der Waals surface area contributed by atoms with Crippen LogP contribution in [0.4, 0.5) is 0 Å². The van der Waals surface area contributed by atoms with Crippen LogP contribution in [0.25, 0.3) is 0 Å². The second-order valence-electron chi connectivity index (χ2n) is 5.24. The minimum atomic E-state index is -1.91. The summed E-state index contributed by atoms with van der Waals surface area (Å²) in [5.41, 5.74) is -0.382. The summed E-state index contributed by atoms with van der Waals surface area (Å²) in [6.45, 7) is 0. The molecule has 1 aliphatic rings. The maximum Gasteiger partial charge on any atom is 0.328 e. The van der Waals surface area contributed by atoms with Crippen LogP contribution in [0.1, 0.15) is 6.42 Å². The number of aliphatic hydroxyl groups is 5. The van der Waals surface area contributed by atoms with Crippen LogP contribution in [0.15, 0.2) is 23.5 Å². The van der Waals surface area contributed by atoms with Crippen LogP contribution >= 0.6 is 0 Å². The first kappa shape index (κ1) is 20.6. The molecule has 0 amide bonds. The normalized spacial score (nSPS) is 33.4. The fraction of sp³-hybridized carbons (Fsp3) is 0.500. The summed E-state index contributed by atoms with van der Waals surface area (Å²) in [5.74, 6) is -3.58. The molecule has 0 aliphatic heterocycles.